The number of aliphatic hydroxyl groups is 1. The summed E-state index contributed by atoms with van der Waals surface area (Å²) in [6, 6.07) is 2.07. The van der Waals surface area contributed by atoms with Crippen LogP contribution in [0.2, 0.25) is 0 Å². The van der Waals surface area contributed by atoms with Crippen LogP contribution < -0.4 is 9.47 Å². The topological polar surface area (TPSA) is 76.1 Å². The van der Waals surface area contributed by atoms with Gasteiger partial charge in [0.2, 0.25) is 10.0 Å². The molecule has 1 aliphatic rings. The number of rotatable bonds is 4. The maximum Gasteiger partial charge on any atom is 0.246 e. The fourth-order valence-electron chi connectivity index (χ4n) is 2.28. The Labute approximate surface area is 123 Å². The Bertz CT molecular complexity index is 644. The minimum Gasteiger partial charge on any atom is -0.493 e. The van der Waals surface area contributed by atoms with E-state index in [-0.39, 0.29) is 24.6 Å². The van der Waals surface area contributed by atoms with Gasteiger partial charge in [0.1, 0.15) is 10.7 Å². The smallest absolute Gasteiger partial charge is 0.246 e. The SMILES string of the molecule is COc1cc(F)c(S(=O)(=O)N2CCC(C)(O)C2)cc1OC. The third kappa shape index (κ3) is 2.97. The second kappa shape index (κ2) is 5.43. The molecule has 0 bridgehead atoms. The van der Waals surface area contributed by atoms with Crippen LogP contribution in [0.15, 0.2) is 17.0 Å². The Morgan fingerprint density at radius 2 is 1.86 bits per heavy atom. The fraction of sp³-hybridized carbons (Fsp3) is 0.538. The van der Waals surface area contributed by atoms with Crippen LogP contribution in [0.1, 0.15) is 13.3 Å². The minimum atomic E-state index is -4.04. The lowest BCUT2D eigenvalue weighted by atomic mass is 10.1. The van der Waals surface area contributed by atoms with Crippen molar-refractivity contribution in [3.8, 4) is 11.5 Å². The standard InChI is InChI=1S/C13H18FNO5S/c1-13(16)4-5-15(8-13)21(17,18)12-7-11(20-3)10(19-2)6-9(12)14/h6-7,16H,4-5,8H2,1-3H3. The first-order valence-corrected chi connectivity index (χ1v) is 7.79. The van der Waals surface area contributed by atoms with Gasteiger partial charge in [0.05, 0.1) is 19.8 Å². The van der Waals surface area contributed by atoms with Crippen LogP contribution in [-0.4, -0.2) is 50.7 Å². The number of β-amino-alcohol motifs (C(OH)–C–C–N with tert-alkyl or cyclic N) is 1. The molecule has 1 aromatic rings. The molecule has 0 amide bonds. The Morgan fingerprint density at radius 3 is 2.33 bits per heavy atom. The van der Waals surface area contributed by atoms with Gasteiger partial charge in [-0.25, -0.2) is 12.8 Å². The monoisotopic (exact) mass is 319 g/mol. The van der Waals surface area contributed by atoms with Crippen LogP contribution in [0.5, 0.6) is 11.5 Å². The van der Waals surface area contributed by atoms with Gasteiger partial charge >= 0.3 is 0 Å². The second-order valence-corrected chi connectivity index (χ2v) is 7.13. The van der Waals surface area contributed by atoms with Crippen molar-refractivity contribution < 1.29 is 27.4 Å². The molecule has 21 heavy (non-hydrogen) atoms. The van der Waals surface area contributed by atoms with Gasteiger partial charge in [-0.2, -0.15) is 4.31 Å². The Morgan fingerprint density at radius 1 is 1.29 bits per heavy atom. The molecule has 0 spiro atoms. The van der Waals surface area contributed by atoms with Crippen LogP contribution in [0.25, 0.3) is 0 Å². The maximum atomic E-state index is 14.1. The number of nitrogens with zero attached hydrogens (tertiary/aromatic N) is 1. The summed E-state index contributed by atoms with van der Waals surface area (Å²) >= 11 is 0. The van der Waals surface area contributed by atoms with Crippen molar-refractivity contribution in [3.05, 3.63) is 17.9 Å². The Kier molecular flexibility index (Phi) is 4.14. The van der Waals surface area contributed by atoms with Gasteiger partial charge in [-0.1, -0.05) is 0 Å². The summed E-state index contributed by atoms with van der Waals surface area (Å²) in [4.78, 5) is -0.488. The van der Waals surface area contributed by atoms with Gasteiger partial charge in [0.25, 0.3) is 0 Å². The summed E-state index contributed by atoms with van der Waals surface area (Å²) < 4.78 is 50.1. The molecule has 6 nitrogen and oxygen atoms in total. The normalized spacial score (nSPS) is 23.3. The molecular formula is C13H18FNO5S. The number of benzene rings is 1. The molecule has 1 heterocycles. The lowest BCUT2D eigenvalue weighted by Crippen LogP contribution is -2.34. The molecule has 1 fully saturated rings. The Hall–Kier alpha value is -1.38. The zero-order valence-electron chi connectivity index (χ0n) is 12.1. The summed E-state index contributed by atoms with van der Waals surface area (Å²) in [7, 11) is -1.36. The van der Waals surface area contributed by atoms with E-state index in [0.717, 1.165) is 16.4 Å². The van der Waals surface area contributed by atoms with Crippen molar-refractivity contribution >= 4 is 10.0 Å². The number of sulfonamides is 1. The zero-order valence-corrected chi connectivity index (χ0v) is 12.9. The van der Waals surface area contributed by atoms with E-state index in [0.29, 0.717) is 6.42 Å². The van der Waals surface area contributed by atoms with E-state index in [4.69, 9.17) is 9.47 Å². The van der Waals surface area contributed by atoms with Crippen LogP contribution in [0.4, 0.5) is 4.39 Å². The van der Waals surface area contributed by atoms with Crippen molar-refractivity contribution in [3.63, 3.8) is 0 Å². The van der Waals surface area contributed by atoms with Gasteiger partial charge < -0.3 is 14.6 Å². The first kappa shape index (κ1) is 16.0. The van der Waals surface area contributed by atoms with Crippen molar-refractivity contribution in [2.24, 2.45) is 0 Å². The van der Waals surface area contributed by atoms with Crippen LogP contribution in [0, 0.1) is 5.82 Å². The molecule has 1 aliphatic heterocycles. The number of halogens is 1. The van der Waals surface area contributed by atoms with Crippen molar-refractivity contribution in [1.82, 2.24) is 4.31 Å². The molecule has 0 aliphatic carbocycles. The van der Waals surface area contributed by atoms with Gasteiger partial charge in [0, 0.05) is 25.2 Å². The molecule has 118 valence electrons. The highest BCUT2D eigenvalue weighted by molar-refractivity contribution is 7.89. The summed E-state index contributed by atoms with van der Waals surface area (Å²) in [5.41, 5.74) is -1.10. The van der Waals surface area contributed by atoms with Crippen LogP contribution in [0.3, 0.4) is 0 Å². The summed E-state index contributed by atoms with van der Waals surface area (Å²) in [6.45, 7) is 1.62. The molecule has 1 unspecified atom stereocenters. The molecule has 8 heteroatoms. The van der Waals surface area contributed by atoms with E-state index in [1.165, 1.54) is 14.2 Å². The number of methoxy groups -OCH3 is 2. The lowest BCUT2D eigenvalue weighted by Gasteiger charge is -2.20. The highest BCUT2D eigenvalue weighted by Crippen LogP contribution is 2.34. The van der Waals surface area contributed by atoms with E-state index in [1.807, 2.05) is 0 Å². The predicted molar refractivity (Wildman–Crippen MR) is 73.5 cm³/mol. The number of hydrogen-bond acceptors (Lipinski definition) is 5. The molecule has 1 aromatic carbocycles. The molecule has 1 atom stereocenters. The van der Waals surface area contributed by atoms with Gasteiger partial charge in [-0.3, -0.25) is 0 Å². The predicted octanol–water partition coefficient (Wildman–Crippen LogP) is 0.988. The molecule has 1 saturated heterocycles. The maximum absolute atomic E-state index is 14.1. The lowest BCUT2D eigenvalue weighted by molar-refractivity contribution is 0.0762. The van der Waals surface area contributed by atoms with Gasteiger partial charge in [-0.05, 0) is 13.3 Å². The molecule has 2 rings (SSSR count). The van der Waals surface area contributed by atoms with Gasteiger partial charge in [0.15, 0.2) is 11.5 Å². The molecule has 0 aromatic heterocycles. The summed E-state index contributed by atoms with van der Waals surface area (Å²) in [5, 5.41) is 9.88. The number of hydrogen-bond donors (Lipinski definition) is 1. The molecule has 0 radical (unpaired) electrons. The molecule has 0 saturated carbocycles. The first-order chi connectivity index (χ1) is 9.71. The second-order valence-electron chi connectivity index (χ2n) is 5.22. The van der Waals surface area contributed by atoms with Crippen molar-refractivity contribution in [1.29, 1.82) is 0 Å². The molecular weight excluding hydrogens is 301 g/mol. The third-order valence-electron chi connectivity index (χ3n) is 3.47. The van der Waals surface area contributed by atoms with Crippen molar-refractivity contribution in [2.45, 2.75) is 23.8 Å². The minimum absolute atomic E-state index is 0.0664. The summed E-state index contributed by atoms with van der Waals surface area (Å²) in [6.07, 6.45) is 0.307. The van der Waals surface area contributed by atoms with Gasteiger partial charge in [-0.15, -0.1) is 0 Å². The number of ether oxygens (including phenoxy) is 2. The van der Waals surface area contributed by atoms with Crippen molar-refractivity contribution in [2.75, 3.05) is 27.3 Å². The third-order valence-corrected chi connectivity index (χ3v) is 5.33. The van der Waals surface area contributed by atoms with E-state index in [2.05, 4.69) is 0 Å². The van der Waals surface area contributed by atoms with E-state index >= 15 is 0 Å². The highest BCUT2D eigenvalue weighted by Gasteiger charge is 2.39. The fourth-order valence-corrected chi connectivity index (χ4v) is 3.90. The first-order valence-electron chi connectivity index (χ1n) is 6.35. The highest BCUT2D eigenvalue weighted by atomic mass is 32.2. The van der Waals surface area contributed by atoms with E-state index < -0.39 is 26.3 Å². The average Bonchev–Trinajstić information content (AvgIpc) is 2.79. The Balaban J connectivity index is 2.46. The average molecular weight is 319 g/mol. The van der Waals surface area contributed by atoms with Crippen LogP contribution in [-0.2, 0) is 10.0 Å². The van der Waals surface area contributed by atoms with Crippen LogP contribution >= 0.6 is 0 Å². The quantitative estimate of drug-likeness (QED) is 0.895. The largest absolute Gasteiger partial charge is 0.493 e. The van der Waals surface area contributed by atoms with E-state index in [9.17, 15) is 17.9 Å². The molecule has 1 N–H and O–H groups in total. The van der Waals surface area contributed by atoms with E-state index in [1.54, 1.807) is 6.92 Å². The summed E-state index contributed by atoms with van der Waals surface area (Å²) in [5.74, 6) is -0.676. The zero-order chi connectivity index (χ0) is 15.8.